The summed E-state index contributed by atoms with van der Waals surface area (Å²) in [6, 6.07) is 6.20. The summed E-state index contributed by atoms with van der Waals surface area (Å²) in [4.78, 5) is 0. The van der Waals surface area contributed by atoms with Gasteiger partial charge in [0.2, 0.25) is 0 Å². The highest BCUT2D eigenvalue weighted by atomic mass is 16.5. The molecule has 0 unspecified atom stereocenters. The molecule has 0 bridgehead atoms. The molecule has 0 amide bonds. The lowest BCUT2D eigenvalue weighted by atomic mass is 10.0. The Morgan fingerprint density at radius 2 is 2.06 bits per heavy atom. The topological polar surface area (TPSA) is 53.1 Å². The van der Waals surface area contributed by atoms with Crippen LogP contribution in [0.2, 0.25) is 0 Å². The first-order valence-electron chi connectivity index (χ1n) is 6.05. The summed E-state index contributed by atoms with van der Waals surface area (Å²) in [5.41, 5.74) is 8.71. The molecule has 0 spiro atoms. The van der Waals surface area contributed by atoms with E-state index in [0.29, 0.717) is 17.5 Å². The molecule has 18 heavy (non-hydrogen) atoms. The van der Waals surface area contributed by atoms with Gasteiger partial charge < -0.3 is 10.5 Å². The first-order valence-corrected chi connectivity index (χ1v) is 6.05. The number of nitrogens with zero attached hydrogens (tertiary/aromatic N) is 2. The van der Waals surface area contributed by atoms with Crippen molar-refractivity contribution in [3.63, 3.8) is 0 Å². The molecule has 2 N–H and O–H groups in total. The van der Waals surface area contributed by atoms with Crippen LogP contribution in [0.5, 0.6) is 11.6 Å². The average Bonchev–Trinajstić information content (AvgIpc) is 2.57. The zero-order valence-corrected chi connectivity index (χ0v) is 11.3. The molecular formula is C14H19N3O. The van der Waals surface area contributed by atoms with Crippen molar-refractivity contribution in [2.45, 2.75) is 26.7 Å². The van der Waals surface area contributed by atoms with Gasteiger partial charge in [-0.1, -0.05) is 26.0 Å². The second-order valence-corrected chi connectivity index (χ2v) is 4.86. The number of hydrogen-bond donors (Lipinski definition) is 1. The van der Waals surface area contributed by atoms with Crippen molar-refractivity contribution in [2.75, 3.05) is 5.73 Å². The molecule has 0 saturated heterocycles. The molecule has 0 fully saturated rings. The highest BCUT2D eigenvalue weighted by Crippen LogP contribution is 2.32. The van der Waals surface area contributed by atoms with E-state index in [2.05, 4.69) is 31.1 Å². The minimum atomic E-state index is 0.394. The van der Waals surface area contributed by atoms with Gasteiger partial charge in [0, 0.05) is 7.05 Å². The summed E-state index contributed by atoms with van der Waals surface area (Å²) in [6.45, 7) is 6.32. The minimum absolute atomic E-state index is 0.394. The number of anilines is 1. The van der Waals surface area contributed by atoms with E-state index < -0.39 is 0 Å². The second kappa shape index (κ2) is 4.72. The van der Waals surface area contributed by atoms with E-state index in [0.717, 1.165) is 16.9 Å². The lowest BCUT2D eigenvalue weighted by molar-refractivity contribution is 0.447. The number of rotatable bonds is 3. The first-order chi connectivity index (χ1) is 8.47. The number of nitrogens with two attached hydrogens (primary N) is 1. The van der Waals surface area contributed by atoms with Crippen molar-refractivity contribution in [3.05, 3.63) is 35.5 Å². The standard InChI is InChI=1S/C14H19N3O/c1-9(2)11-6-5-10(3)7-13(11)18-14-12(15)8-17(4)16-14/h5-9H,15H2,1-4H3. The number of aryl methyl sites for hydroxylation is 2. The van der Waals surface area contributed by atoms with Gasteiger partial charge in [0.25, 0.3) is 5.88 Å². The Bertz CT molecular complexity index is 558. The van der Waals surface area contributed by atoms with Crippen LogP contribution in [0.3, 0.4) is 0 Å². The van der Waals surface area contributed by atoms with Crippen LogP contribution in [0.1, 0.15) is 30.9 Å². The Kier molecular flexibility index (Phi) is 3.28. The average molecular weight is 245 g/mol. The summed E-state index contributed by atoms with van der Waals surface area (Å²) in [5, 5.41) is 4.21. The second-order valence-electron chi connectivity index (χ2n) is 4.86. The van der Waals surface area contributed by atoms with Crippen LogP contribution in [-0.4, -0.2) is 9.78 Å². The van der Waals surface area contributed by atoms with Crippen LogP contribution in [0.15, 0.2) is 24.4 Å². The van der Waals surface area contributed by atoms with Crippen molar-refractivity contribution >= 4 is 5.69 Å². The molecule has 0 aliphatic rings. The largest absolute Gasteiger partial charge is 0.436 e. The van der Waals surface area contributed by atoms with Crippen LogP contribution < -0.4 is 10.5 Å². The molecule has 0 aliphatic carbocycles. The lowest BCUT2D eigenvalue weighted by Gasteiger charge is -2.13. The van der Waals surface area contributed by atoms with Crippen molar-refractivity contribution in [2.24, 2.45) is 7.05 Å². The van der Waals surface area contributed by atoms with E-state index in [1.165, 1.54) is 0 Å². The van der Waals surface area contributed by atoms with E-state index >= 15 is 0 Å². The van der Waals surface area contributed by atoms with Crippen molar-refractivity contribution in [3.8, 4) is 11.6 Å². The summed E-state index contributed by atoms with van der Waals surface area (Å²) in [6.07, 6.45) is 1.74. The monoisotopic (exact) mass is 245 g/mol. The predicted molar refractivity (Wildman–Crippen MR) is 73.0 cm³/mol. The van der Waals surface area contributed by atoms with Crippen molar-refractivity contribution < 1.29 is 4.74 Å². The third kappa shape index (κ3) is 2.47. The normalized spacial score (nSPS) is 10.9. The number of hydrogen-bond acceptors (Lipinski definition) is 3. The van der Waals surface area contributed by atoms with Gasteiger partial charge in [-0.3, -0.25) is 4.68 Å². The number of aromatic nitrogens is 2. The highest BCUT2D eigenvalue weighted by Gasteiger charge is 2.12. The summed E-state index contributed by atoms with van der Waals surface area (Å²) >= 11 is 0. The molecule has 1 aromatic heterocycles. The fourth-order valence-corrected chi connectivity index (χ4v) is 1.88. The Morgan fingerprint density at radius 1 is 1.33 bits per heavy atom. The van der Waals surface area contributed by atoms with E-state index in [1.807, 2.05) is 20.0 Å². The third-order valence-electron chi connectivity index (χ3n) is 2.82. The number of benzene rings is 1. The molecule has 1 aromatic carbocycles. The molecule has 0 saturated carbocycles. The molecular weight excluding hydrogens is 226 g/mol. The Hall–Kier alpha value is -1.97. The van der Waals surface area contributed by atoms with Crippen LogP contribution in [0.4, 0.5) is 5.69 Å². The number of nitrogen functional groups attached to an aromatic ring is 1. The fourth-order valence-electron chi connectivity index (χ4n) is 1.88. The first kappa shape index (κ1) is 12.5. The van der Waals surface area contributed by atoms with Gasteiger partial charge in [-0.2, -0.15) is 0 Å². The van der Waals surface area contributed by atoms with E-state index in [1.54, 1.807) is 10.9 Å². The van der Waals surface area contributed by atoms with E-state index in [9.17, 15) is 0 Å². The number of ether oxygens (including phenoxy) is 1. The Morgan fingerprint density at radius 3 is 2.61 bits per heavy atom. The summed E-state index contributed by atoms with van der Waals surface area (Å²) < 4.78 is 7.49. The highest BCUT2D eigenvalue weighted by molar-refractivity contribution is 5.50. The van der Waals surface area contributed by atoms with Gasteiger partial charge >= 0.3 is 0 Å². The molecule has 1 heterocycles. The van der Waals surface area contributed by atoms with E-state index in [4.69, 9.17) is 10.5 Å². The summed E-state index contributed by atoms with van der Waals surface area (Å²) in [5.74, 6) is 1.69. The lowest BCUT2D eigenvalue weighted by Crippen LogP contribution is -1.97. The molecule has 2 aromatic rings. The van der Waals surface area contributed by atoms with Crippen LogP contribution in [0.25, 0.3) is 0 Å². The zero-order valence-electron chi connectivity index (χ0n) is 11.3. The molecule has 0 atom stereocenters. The maximum Gasteiger partial charge on any atom is 0.261 e. The summed E-state index contributed by atoms with van der Waals surface area (Å²) in [7, 11) is 1.82. The van der Waals surface area contributed by atoms with Gasteiger partial charge in [-0.25, -0.2) is 0 Å². The maximum absolute atomic E-state index is 5.85. The van der Waals surface area contributed by atoms with Gasteiger partial charge in [0.1, 0.15) is 11.4 Å². The molecule has 2 rings (SSSR count). The van der Waals surface area contributed by atoms with Crippen molar-refractivity contribution in [1.82, 2.24) is 9.78 Å². The SMILES string of the molecule is Cc1ccc(C(C)C)c(Oc2nn(C)cc2N)c1. The maximum atomic E-state index is 5.85. The Labute approximate surface area is 107 Å². The zero-order chi connectivity index (χ0) is 13.3. The molecule has 4 nitrogen and oxygen atoms in total. The molecule has 0 aliphatic heterocycles. The van der Waals surface area contributed by atoms with Crippen LogP contribution in [0, 0.1) is 6.92 Å². The molecule has 96 valence electrons. The van der Waals surface area contributed by atoms with Crippen LogP contribution in [-0.2, 0) is 7.05 Å². The van der Waals surface area contributed by atoms with Gasteiger partial charge in [-0.15, -0.1) is 5.10 Å². The fraction of sp³-hybridized carbons (Fsp3) is 0.357. The van der Waals surface area contributed by atoms with Gasteiger partial charge in [-0.05, 0) is 30.0 Å². The van der Waals surface area contributed by atoms with E-state index in [-0.39, 0.29) is 0 Å². The van der Waals surface area contributed by atoms with Crippen molar-refractivity contribution in [1.29, 1.82) is 0 Å². The van der Waals surface area contributed by atoms with Crippen LogP contribution >= 0.6 is 0 Å². The smallest absolute Gasteiger partial charge is 0.261 e. The third-order valence-corrected chi connectivity index (χ3v) is 2.82. The molecule has 4 heteroatoms. The minimum Gasteiger partial charge on any atom is -0.436 e. The van der Waals surface area contributed by atoms with Gasteiger partial charge in [0.05, 0.1) is 6.20 Å². The molecule has 0 radical (unpaired) electrons. The predicted octanol–water partition coefficient (Wildman–Crippen LogP) is 3.23. The van der Waals surface area contributed by atoms with Gasteiger partial charge in [0.15, 0.2) is 0 Å². The quantitative estimate of drug-likeness (QED) is 0.903. The Balaban J connectivity index is 2.38.